The molecule has 0 saturated carbocycles. The van der Waals surface area contributed by atoms with Crippen LogP contribution in [0.4, 0.5) is 11.5 Å². The monoisotopic (exact) mass is 346 g/mol. The zero-order valence-electron chi connectivity index (χ0n) is 13.7. The minimum absolute atomic E-state index is 0.123. The highest BCUT2D eigenvalue weighted by molar-refractivity contribution is 6.33. The molecule has 0 atom stereocenters. The Kier molecular flexibility index (Phi) is 4.97. The van der Waals surface area contributed by atoms with Gasteiger partial charge in [0.2, 0.25) is 0 Å². The van der Waals surface area contributed by atoms with E-state index < -0.39 is 0 Å². The van der Waals surface area contributed by atoms with Crippen molar-refractivity contribution in [3.05, 3.63) is 46.1 Å². The minimum atomic E-state index is -0.123. The second-order valence-corrected chi connectivity index (χ2v) is 6.18. The first-order valence-corrected chi connectivity index (χ1v) is 8.17. The van der Waals surface area contributed by atoms with Gasteiger partial charge in [-0.3, -0.25) is 4.79 Å². The van der Waals surface area contributed by atoms with E-state index in [4.69, 9.17) is 16.3 Å². The lowest BCUT2D eigenvalue weighted by Crippen LogP contribution is -2.41. The van der Waals surface area contributed by atoms with Gasteiger partial charge in [0.05, 0.1) is 23.9 Å². The van der Waals surface area contributed by atoms with Crippen LogP contribution in [0.3, 0.4) is 0 Å². The Labute approximate surface area is 145 Å². The maximum Gasteiger partial charge on any atom is 0.274 e. The molecule has 7 heteroatoms. The number of nitrogens with zero attached hydrogens (tertiary/aromatic N) is 3. The Morgan fingerprint density at radius 1 is 1.21 bits per heavy atom. The number of nitrogens with one attached hydrogen (secondary N) is 1. The first-order valence-electron chi connectivity index (χ1n) is 7.79. The normalized spacial score (nSPS) is 14.5. The number of carbonyl (C=O) groups excluding carboxylic acids is 1. The smallest absolute Gasteiger partial charge is 0.274 e. The number of hydrogen-bond donors (Lipinski definition) is 1. The zero-order chi connectivity index (χ0) is 17.1. The summed E-state index contributed by atoms with van der Waals surface area (Å²) in [7, 11) is 0. The van der Waals surface area contributed by atoms with Gasteiger partial charge < -0.3 is 15.0 Å². The SMILES string of the molecule is Cc1cc(C)c(Nc2ccc(C(=O)N3CCOCC3)nn2)c(Cl)c1. The van der Waals surface area contributed by atoms with E-state index >= 15 is 0 Å². The lowest BCUT2D eigenvalue weighted by molar-refractivity contribution is 0.0298. The number of halogens is 1. The Bertz CT molecular complexity index is 720. The second-order valence-electron chi connectivity index (χ2n) is 5.77. The van der Waals surface area contributed by atoms with E-state index in [0.29, 0.717) is 42.8 Å². The summed E-state index contributed by atoms with van der Waals surface area (Å²) >= 11 is 6.28. The predicted molar refractivity (Wildman–Crippen MR) is 93.0 cm³/mol. The van der Waals surface area contributed by atoms with E-state index in [0.717, 1.165) is 16.8 Å². The molecule has 1 N–H and O–H groups in total. The highest BCUT2D eigenvalue weighted by Crippen LogP contribution is 2.29. The standard InChI is InChI=1S/C17H19ClN4O2/c1-11-9-12(2)16(13(18)10-11)19-15-4-3-14(20-21-15)17(23)22-5-7-24-8-6-22/h3-4,9-10H,5-8H2,1-2H3,(H,19,21). The number of ether oxygens (including phenoxy) is 1. The van der Waals surface area contributed by atoms with Crippen LogP contribution in [0.1, 0.15) is 21.6 Å². The lowest BCUT2D eigenvalue weighted by atomic mass is 10.1. The maximum atomic E-state index is 12.3. The molecule has 0 spiro atoms. The van der Waals surface area contributed by atoms with Crippen molar-refractivity contribution in [3.8, 4) is 0 Å². The second kappa shape index (κ2) is 7.15. The van der Waals surface area contributed by atoms with Gasteiger partial charge in [0.1, 0.15) is 0 Å². The Morgan fingerprint density at radius 3 is 2.58 bits per heavy atom. The molecule has 2 heterocycles. The van der Waals surface area contributed by atoms with Crippen LogP contribution in [-0.4, -0.2) is 47.3 Å². The average molecular weight is 347 g/mol. The molecule has 1 aromatic heterocycles. The molecule has 6 nitrogen and oxygen atoms in total. The topological polar surface area (TPSA) is 67.4 Å². The van der Waals surface area contributed by atoms with Crippen LogP contribution in [0, 0.1) is 13.8 Å². The molecule has 1 amide bonds. The van der Waals surface area contributed by atoms with Crippen molar-refractivity contribution in [2.45, 2.75) is 13.8 Å². The molecule has 0 unspecified atom stereocenters. The van der Waals surface area contributed by atoms with Crippen molar-refractivity contribution in [1.82, 2.24) is 15.1 Å². The summed E-state index contributed by atoms with van der Waals surface area (Å²) in [6.07, 6.45) is 0. The van der Waals surface area contributed by atoms with Gasteiger partial charge in [-0.1, -0.05) is 17.7 Å². The van der Waals surface area contributed by atoms with Crippen molar-refractivity contribution in [1.29, 1.82) is 0 Å². The summed E-state index contributed by atoms with van der Waals surface area (Å²) in [4.78, 5) is 14.1. The van der Waals surface area contributed by atoms with Crippen molar-refractivity contribution in [3.63, 3.8) is 0 Å². The molecular formula is C17H19ClN4O2. The number of rotatable bonds is 3. The molecule has 126 valence electrons. The van der Waals surface area contributed by atoms with Crippen molar-refractivity contribution >= 4 is 29.0 Å². The number of benzene rings is 1. The molecule has 1 aliphatic rings. The average Bonchev–Trinajstić information content (AvgIpc) is 2.59. The van der Waals surface area contributed by atoms with Gasteiger partial charge in [-0.2, -0.15) is 0 Å². The first-order chi connectivity index (χ1) is 11.5. The van der Waals surface area contributed by atoms with E-state index in [1.807, 2.05) is 26.0 Å². The molecule has 1 aliphatic heterocycles. The third-order valence-corrected chi connectivity index (χ3v) is 4.16. The van der Waals surface area contributed by atoms with Gasteiger partial charge in [-0.25, -0.2) is 0 Å². The summed E-state index contributed by atoms with van der Waals surface area (Å²) < 4.78 is 5.25. The molecule has 1 aromatic carbocycles. The molecule has 0 bridgehead atoms. The van der Waals surface area contributed by atoms with Gasteiger partial charge in [0, 0.05) is 13.1 Å². The number of morpholine rings is 1. The molecular weight excluding hydrogens is 328 g/mol. The number of aromatic nitrogens is 2. The van der Waals surface area contributed by atoms with E-state index in [2.05, 4.69) is 15.5 Å². The van der Waals surface area contributed by atoms with Crippen LogP contribution in [0.25, 0.3) is 0 Å². The molecule has 0 aliphatic carbocycles. The van der Waals surface area contributed by atoms with Crippen molar-refractivity contribution < 1.29 is 9.53 Å². The predicted octanol–water partition coefficient (Wildman–Crippen LogP) is 2.96. The summed E-state index contributed by atoms with van der Waals surface area (Å²) in [6, 6.07) is 7.33. The summed E-state index contributed by atoms with van der Waals surface area (Å²) in [5, 5.41) is 11.9. The first kappa shape index (κ1) is 16.7. The highest BCUT2D eigenvalue weighted by atomic mass is 35.5. The minimum Gasteiger partial charge on any atom is -0.378 e. The summed E-state index contributed by atoms with van der Waals surface area (Å²) in [5.74, 6) is 0.421. The summed E-state index contributed by atoms with van der Waals surface area (Å²) in [5.41, 5.74) is 3.24. The molecule has 1 saturated heterocycles. The van der Waals surface area contributed by atoms with Crippen molar-refractivity contribution in [2.24, 2.45) is 0 Å². The van der Waals surface area contributed by atoms with Crippen LogP contribution in [-0.2, 0) is 4.74 Å². The number of anilines is 2. The molecule has 24 heavy (non-hydrogen) atoms. The molecule has 3 rings (SSSR count). The maximum absolute atomic E-state index is 12.3. The van der Waals surface area contributed by atoms with Gasteiger partial charge in [0.15, 0.2) is 11.5 Å². The highest BCUT2D eigenvalue weighted by Gasteiger charge is 2.20. The van der Waals surface area contributed by atoms with Crippen LogP contribution >= 0.6 is 11.6 Å². The molecule has 2 aromatic rings. The van der Waals surface area contributed by atoms with E-state index in [1.54, 1.807) is 17.0 Å². The van der Waals surface area contributed by atoms with Crippen LogP contribution < -0.4 is 5.32 Å². The zero-order valence-corrected chi connectivity index (χ0v) is 14.4. The van der Waals surface area contributed by atoms with Crippen LogP contribution in [0.15, 0.2) is 24.3 Å². The van der Waals surface area contributed by atoms with Crippen LogP contribution in [0.2, 0.25) is 5.02 Å². The van der Waals surface area contributed by atoms with E-state index in [1.165, 1.54) is 0 Å². The number of hydrogen-bond acceptors (Lipinski definition) is 5. The van der Waals surface area contributed by atoms with Gasteiger partial charge in [-0.05, 0) is 43.2 Å². The Hall–Kier alpha value is -2.18. The molecule has 0 radical (unpaired) electrons. The third kappa shape index (κ3) is 3.66. The van der Waals surface area contributed by atoms with Gasteiger partial charge >= 0.3 is 0 Å². The fraction of sp³-hybridized carbons (Fsp3) is 0.353. The Balaban J connectivity index is 1.74. The third-order valence-electron chi connectivity index (χ3n) is 3.87. The molecule has 1 fully saturated rings. The van der Waals surface area contributed by atoms with Crippen molar-refractivity contribution in [2.75, 3.05) is 31.6 Å². The van der Waals surface area contributed by atoms with Gasteiger partial charge in [0.25, 0.3) is 5.91 Å². The quantitative estimate of drug-likeness (QED) is 0.925. The van der Waals surface area contributed by atoms with Gasteiger partial charge in [-0.15, -0.1) is 10.2 Å². The number of aryl methyl sites for hydroxylation is 2. The van der Waals surface area contributed by atoms with Crippen LogP contribution in [0.5, 0.6) is 0 Å². The lowest BCUT2D eigenvalue weighted by Gasteiger charge is -2.26. The number of carbonyl (C=O) groups is 1. The largest absolute Gasteiger partial charge is 0.378 e. The Morgan fingerprint density at radius 2 is 1.96 bits per heavy atom. The fourth-order valence-electron chi connectivity index (χ4n) is 2.64. The summed E-state index contributed by atoms with van der Waals surface area (Å²) in [6.45, 7) is 6.25. The van der Waals surface area contributed by atoms with E-state index in [9.17, 15) is 4.79 Å². The number of amides is 1. The fourth-order valence-corrected chi connectivity index (χ4v) is 3.01. The van der Waals surface area contributed by atoms with E-state index in [-0.39, 0.29) is 5.91 Å².